The van der Waals surface area contributed by atoms with Crippen LogP contribution in [-0.4, -0.2) is 38.8 Å². The van der Waals surface area contributed by atoms with E-state index in [1.54, 1.807) is 0 Å². The molecule has 1 aromatic rings. The van der Waals surface area contributed by atoms with E-state index in [0.29, 0.717) is 0 Å². The van der Waals surface area contributed by atoms with Gasteiger partial charge in [0.25, 0.3) is 0 Å². The molecule has 1 aliphatic heterocycles. The van der Waals surface area contributed by atoms with Crippen molar-refractivity contribution in [1.29, 1.82) is 0 Å². The maximum absolute atomic E-state index is 9.57. The summed E-state index contributed by atoms with van der Waals surface area (Å²) in [6, 6.07) is 0. The molecule has 0 bridgehead atoms. The molecule has 1 aliphatic rings. The van der Waals surface area contributed by atoms with Crippen molar-refractivity contribution in [3.8, 4) is 0 Å². The highest BCUT2D eigenvalue weighted by Gasteiger charge is 2.18. The van der Waals surface area contributed by atoms with Crippen LogP contribution in [0.4, 0.5) is 0 Å². The minimum Gasteiger partial charge on any atom is -0.392 e. The van der Waals surface area contributed by atoms with Gasteiger partial charge in [0.2, 0.25) is 0 Å². The van der Waals surface area contributed by atoms with E-state index < -0.39 is 0 Å². The lowest BCUT2D eigenvalue weighted by molar-refractivity contribution is 0.0656. The Morgan fingerprint density at radius 3 is 3.20 bits per heavy atom. The zero-order valence-corrected chi connectivity index (χ0v) is 9.26. The molecule has 0 radical (unpaired) electrons. The SMILES string of the molecule is CCn1cncc1CN1CCCC(O)C1. The molecule has 1 unspecified atom stereocenters. The van der Waals surface area contributed by atoms with Crippen LogP contribution in [0, 0.1) is 0 Å². The molecule has 2 rings (SSSR count). The zero-order valence-electron chi connectivity index (χ0n) is 9.26. The molecule has 4 heteroatoms. The average molecular weight is 209 g/mol. The number of nitrogens with zero attached hydrogens (tertiary/aromatic N) is 3. The number of aliphatic hydroxyl groups excluding tert-OH is 1. The summed E-state index contributed by atoms with van der Waals surface area (Å²) >= 11 is 0. The van der Waals surface area contributed by atoms with Crippen LogP contribution < -0.4 is 0 Å². The van der Waals surface area contributed by atoms with Gasteiger partial charge in [0.1, 0.15) is 0 Å². The van der Waals surface area contributed by atoms with Crippen LogP contribution in [0.15, 0.2) is 12.5 Å². The zero-order chi connectivity index (χ0) is 10.7. The van der Waals surface area contributed by atoms with Gasteiger partial charge in [-0.25, -0.2) is 4.98 Å². The van der Waals surface area contributed by atoms with Crippen molar-refractivity contribution < 1.29 is 5.11 Å². The molecule has 0 spiro atoms. The second-order valence-electron chi connectivity index (χ2n) is 4.20. The van der Waals surface area contributed by atoms with Gasteiger partial charge in [0.15, 0.2) is 0 Å². The van der Waals surface area contributed by atoms with Crippen LogP contribution in [-0.2, 0) is 13.1 Å². The van der Waals surface area contributed by atoms with E-state index in [9.17, 15) is 5.11 Å². The lowest BCUT2D eigenvalue weighted by Gasteiger charge is -2.29. The van der Waals surface area contributed by atoms with Gasteiger partial charge in [0.05, 0.1) is 18.1 Å². The third kappa shape index (κ3) is 2.58. The minimum absolute atomic E-state index is 0.142. The number of imidazole rings is 1. The van der Waals surface area contributed by atoms with Crippen molar-refractivity contribution in [2.24, 2.45) is 0 Å². The van der Waals surface area contributed by atoms with Crippen LogP contribution in [0.3, 0.4) is 0 Å². The molecule has 0 aliphatic carbocycles. The van der Waals surface area contributed by atoms with Crippen molar-refractivity contribution >= 4 is 0 Å². The third-order valence-corrected chi connectivity index (χ3v) is 3.01. The summed E-state index contributed by atoms with van der Waals surface area (Å²) in [6.45, 7) is 5.88. The van der Waals surface area contributed by atoms with Crippen molar-refractivity contribution in [2.45, 2.75) is 39.0 Å². The van der Waals surface area contributed by atoms with Gasteiger partial charge in [-0.1, -0.05) is 0 Å². The molecular formula is C11H19N3O. The van der Waals surface area contributed by atoms with E-state index in [0.717, 1.165) is 39.0 Å². The van der Waals surface area contributed by atoms with E-state index in [4.69, 9.17) is 0 Å². The Kier molecular flexibility index (Phi) is 3.38. The van der Waals surface area contributed by atoms with Gasteiger partial charge in [-0.2, -0.15) is 0 Å². The average Bonchev–Trinajstić information content (AvgIpc) is 2.65. The van der Waals surface area contributed by atoms with Gasteiger partial charge < -0.3 is 9.67 Å². The van der Waals surface area contributed by atoms with Crippen LogP contribution in [0.25, 0.3) is 0 Å². The standard InChI is InChI=1S/C11H19N3O/c1-2-14-9-12-6-10(14)7-13-5-3-4-11(15)8-13/h6,9,11,15H,2-5,7-8H2,1H3. The van der Waals surface area contributed by atoms with Crippen LogP contribution >= 0.6 is 0 Å². The van der Waals surface area contributed by atoms with Crippen molar-refractivity contribution in [1.82, 2.24) is 14.5 Å². The second kappa shape index (κ2) is 4.77. The number of aromatic nitrogens is 2. The number of hydrogen-bond acceptors (Lipinski definition) is 3. The number of hydrogen-bond donors (Lipinski definition) is 1. The lowest BCUT2D eigenvalue weighted by Crippen LogP contribution is -2.38. The van der Waals surface area contributed by atoms with Gasteiger partial charge in [-0.15, -0.1) is 0 Å². The molecule has 1 aromatic heterocycles. The fraction of sp³-hybridized carbons (Fsp3) is 0.727. The first-order chi connectivity index (χ1) is 7.29. The predicted octanol–water partition coefficient (Wildman–Crippen LogP) is 0.860. The molecule has 2 heterocycles. The fourth-order valence-electron chi connectivity index (χ4n) is 2.17. The Morgan fingerprint density at radius 2 is 2.47 bits per heavy atom. The van der Waals surface area contributed by atoms with Crippen molar-refractivity contribution in [3.63, 3.8) is 0 Å². The van der Waals surface area contributed by atoms with Crippen LogP contribution in [0.2, 0.25) is 0 Å². The van der Waals surface area contributed by atoms with Gasteiger partial charge in [0, 0.05) is 25.8 Å². The summed E-state index contributed by atoms with van der Waals surface area (Å²) in [5, 5.41) is 9.57. The summed E-state index contributed by atoms with van der Waals surface area (Å²) < 4.78 is 2.15. The second-order valence-corrected chi connectivity index (χ2v) is 4.20. The molecule has 1 saturated heterocycles. The highest BCUT2D eigenvalue weighted by atomic mass is 16.3. The Hall–Kier alpha value is -0.870. The Bertz CT molecular complexity index is 311. The maximum atomic E-state index is 9.57. The Balaban J connectivity index is 1.96. The molecule has 0 amide bonds. The Morgan fingerprint density at radius 1 is 1.60 bits per heavy atom. The monoisotopic (exact) mass is 209 g/mol. The van der Waals surface area contributed by atoms with Crippen molar-refractivity contribution in [2.75, 3.05) is 13.1 Å². The predicted molar refractivity (Wildman–Crippen MR) is 58.4 cm³/mol. The molecular weight excluding hydrogens is 190 g/mol. The smallest absolute Gasteiger partial charge is 0.0948 e. The first-order valence-corrected chi connectivity index (χ1v) is 5.69. The van der Waals surface area contributed by atoms with Gasteiger partial charge >= 0.3 is 0 Å². The van der Waals surface area contributed by atoms with E-state index in [1.165, 1.54) is 5.69 Å². The highest BCUT2D eigenvalue weighted by Crippen LogP contribution is 2.13. The van der Waals surface area contributed by atoms with Gasteiger partial charge in [-0.05, 0) is 26.3 Å². The Labute approximate surface area is 90.5 Å². The van der Waals surface area contributed by atoms with E-state index >= 15 is 0 Å². The van der Waals surface area contributed by atoms with Gasteiger partial charge in [-0.3, -0.25) is 4.90 Å². The summed E-state index contributed by atoms with van der Waals surface area (Å²) in [6.07, 6.45) is 5.70. The van der Waals surface area contributed by atoms with E-state index in [-0.39, 0.29) is 6.10 Å². The van der Waals surface area contributed by atoms with E-state index in [1.807, 2.05) is 12.5 Å². The molecule has 1 atom stereocenters. The normalized spacial score (nSPS) is 23.2. The van der Waals surface area contributed by atoms with Crippen LogP contribution in [0.5, 0.6) is 0 Å². The number of piperidine rings is 1. The quantitative estimate of drug-likeness (QED) is 0.802. The molecule has 0 aromatic carbocycles. The molecule has 4 nitrogen and oxygen atoms in total. The maximum Gasteiger partial charge on any atom is 0.0948 e. The number of rotatable bonds is 3. The first kappa shape index (κ1) is 10.6. The molecule has 1 N–H and O–H groups in total. The van der Waals surface area contributed by atoms with Crippen LogP contribution in [0.1, 0.15) is 25.5 Å². The molecule has 0 saturated carbocycles. The topological polar surface area (TPSA) is 41.3 Å². The van der Waals surface area contributed by atoms with Crippen molar-refractivity contribution in [3.05, 3.63) is 18.2 Å². The largest absolute Gasteiger partial charge is 0.392 e. The number of aryl methyl sites for hydroxylation is 1. The minimum atomic E-state index is -0.142. The summed E-state index contributed by atoms with van der Waals surface area (Å²) in [4.78, 5) is 6.45. The number of likely N-dealkylation sites (tertiary alicyclic amines) is 1. The first-order valence-electron chi connectivity index (χ1n) is 5.69. The third-order valence-electron chi connectivity index (χ3n) is 3.01. The molecule has 1 fully saturated rings. The summed E-state index contributed by atoms with van der Waals surface area (Å²) in [5.74, 6) is 0. The summed E-state index contributed by atoms with van der Waals surface area (Å²) in [5.41, 5.74) is 1.24. The molecule has 15 heavy (non-hydrogen) atoms. The number of aliphatic hydroxyl groups is 1. The summed E-state index contributed by atoms with van der Waals surface area (Å²) in [7, 11) is 0. The molecule has 84 valence electrons. The lowest BCUT2D eigenvalue weighted by atomic mass is 10.1. The highest BCUT2D eigenvalue weighted by molar-refractivity contribution is 4.98. The fourth-order valence-corrected chi connectivity index (χ4v) is 2.17. The number of β-amino-alcohol motifs (C(OH)–C–C–N with tert-alkyl or cyclic N) is 1. The van der Waals surface area contributed by atoms with E-state index in [2.05, 4.69) is 21.4 Å².